The molecular formula is C23H31N3O6. The van der Waals surface area contributed by atoms with Gasteiger partial charge in [0.05, 0.1) is 23.0 Å². The van der Waals surface area contributed by atoms with Gasteiger partial charge in [-0.05, 0) is 32.8 Å². The first-order valence-corrected chi connectivity index (χ1v) is 10.8. The van der Waals surface area contributed by atoms with Crippen molar-refractivity contribution in [2.75, 3.05) is 13.4 Å². The Labute approximate surface area is 186 Å². The van der Waals surface area contributed by atoms with Crippen LogP contribution in [0.2, 0.25) is 0 Å². The molecule has 1 unspecified atom stereocenters. The lowest BCUT2D eigenvalue weighted by molar-refractivity contribution is -0.126. The van der Waals surface area contributed by atoms with E-state index in [-0.39, 0.29) is 24.9 Å². The van der Waals surface area contributed by atoms with E-state index in [0.29, 0.717) is 35.4 Å². The maximum Gasteiger partial charge on any atom is 0.257 e. The molecule has 2 aromatic rings. The largest absolute Gasteiger partial charge is 0.454 e. The van der Waals surface area contributed by atoms with Gasteiger partial charge in [0.2, 0.25) is 18.1 Å². The molecule has 0 fully saturated rings. The van der Waals surface area contributed by atoms with Crippen molar-refractivity contribution in [3.63, 3.8) is 0 Å². The number of nitrogens with zero attached hydrogens (tertiary/aromatic N) is 1. The van der Waals surface area contributed by atoms with Gasteiger partial charge in [0.25, 0.3) is 5.91 Å². The molecule has 9 heteroatoms. The number of aliphatic hydroxyl groups is 1. The number of hydrogen-bond acceptors (Lipinski definition) is 6. The normalized spacial score (nSPS) is 14.8. The van der Waals surface area contributed by atoms with Gasteiger partial charge in [-0.3, -0.25) is 14.4 Å². The number of ether oxygens (including phenoxy) is 2. The van der Waals surface area contributed by atoms with E-state index < -0.39 is 28.8 Å². The molecule has 0 bridgehead atoms. The van der Waals surface area contributed by atoms with Crippen molar-refractivity contribution in [1.29, 1.82) is 0 Å². The summed E-state index contributed by atoms with van der Waals surface area (Å²) in [6.45, 7) is 9.40. The maximum atomic E-state index is 13.2. The fraction of sp³-hybridized carbons (Fsp3) is 0.522. The van der Waals surface area contributed by atoms with Crippen molar-refractivity contribution in [1.82, 2.24) is 15.2 Å². The number of hydrogen-bond donors (Lipinski definition) is 3. The molecule has 3 rings (SSSR count). The zero-order valence-electron chi connectivity index (χ0n) is 19.2. The number of rotatable bonds is 8. The Bertz CT molecular complexity index is 1090. The summed E-state index contributed by atoms with van der Waals surface area (Å²) in [5, 5.41) is 15.3. The number of nitrogens with one attached hydrogen (secondary N) is 2. The highest BCUT2D eigenvalue weighted by atomic mass is 16.7. The minimum absolute atomic E-state index is 0.0549. The monoisotopic (exact) mass is 445 g/mol. The van der Waals surface area contributed by atoms with Gasteiger partial charge in [-0.1, -0.05) is 20.3 Å². The second kappa shape index (κ2) is 9.20. The van der Waals surface area contributed by atoms with E-state index in [2.05, 4.69) is 10.6 Å². The van der Waals surface area contributed by atoms with E-state index in [0.717, 1.165) is 0 Å². The molecule has 9 nitrogen and oxygen atoms in total. The van der Waals surface area contributed by atoms with E-state index in [1.807, 2.05) is 20.8 Å². The average Bonchev–Trinajstić information content (AvgIpc) is 3.23. The highest BCUT2D eigenvalue weighted by Gasteiger charge is 2.31. The van der Waals surface area contributed by atoms with Crippen molar-refractivity contribution in [3.8, 4) is 11.5 Å². The number of aryl methyl sites for hydroxylation is 1. The highest BCUT2D eigenvalue weighted by Crippen LogP contribution is 2.35. The molecule has 0 spiro atoms. The van der Waals surface area contributed by atoms with E-state index in [1.165, 1.54) is 6.20 Å². The van der Waals surface area contributed by atoms with Gasteiger partial charge in [-0.2, -0.15) is 0 Å². The highest BCUT2D eigenvalue weighted by molar-refractivity contribution is 6.00. The van der Waals surface area contributed by atoms with Crippen LogP contribution in [0.4, 0.5) is 0 Å². The molecule has 1 aliphatic rings. The SMILES string of the molecule is CCC(C)[C@H](NC(=O)c1cn(CC)c2cc3c(cc2c1=O)OCO3)C(=O)NC(C)(C)CO. The molecule has 32 heavy (non-hydrogen) atoms. The van der Waals surface area contributed by atoms with Gasteiger partial charge < -0.3 is 29.8 Å². The van der Waals surface area contributed by atoms with Crippen molar-refractivity contribution in [2.24, 2.45) is 5.92 Å². The first kappa shape index (κ1) is 23.6. The third-order valence-corrected chi connectivity index (χ3v) is 5.80. The number of aromatic nitrogens is 1. The van der Waals surface area contributed by atoms with Gasteiger partial charge >= 0.3 is 0 Å². The van der Waals surface area contributed by atoms with Crippen molar-refractivity contribution < 1.29 is 24.2 Å². The Balaban J connectivity index is 1.99. The Morgan fingerprint density at radius 1 is 1.22 bits per heavy atom. The van der Waals surface area contributed by atoms with Gasteiger partial charge in [-0.15, -0.1) is 0 Å². The molecule has 0 aliphatic carbocycles. The molecule has 0 saturated heterocycles. The molecule has 0 saturated carbocycles. The predicted octanol–water partition coefficient (Wildman–Crippen LogP) is 1.78. The number of pyridine rings is 1. The number of amides is 2. The summed E-state index contributed by atoms with van der Waals surface area (Å²) < 4.78 is 12.6. The van der Waals surface area contributed by atoms with Gasteiger partial charge in [0.15, 0.2) is 11.5 Å². The van der Waals surface area contributed by atoms with Crippen molar-refractivity contribution >= 4 is 22.7 Å². The van der Waals surface area contributed by atoms with Crippen LogP contribution in [0.5, 0.6) is 11.5 Å². The van der Waals surface area contributed by atoms with E-state index >= 15 is 0 Å². The third kappa shape index (κ3) is 4.57. The minimum Gasteiger partial charge on any atom is -0.454 e. The van der Waals surface area contributed by atoms with Crippen LogP contribution in [0, 0.1) is 5.92 Å². The van der Waals surface area contributed by atoms with Gasteiger partial charge in [-0.25, -0.2) is 0 Å². The summed E-state index contributed by atoms with van der Waals surface area (Å²) in [4.78, 5) is 39.3. The Hall–Kier alpha value is -3.07. The van der Waals surface area contributed by atoms with Crippen molar-refractivity contribution in [2.45, 2.75) is 59.2 Å². The second-order valence-electron chi connectivity index (χ2n) is 8.75. The predicted molar refractivity (Wildman–Crippen MR) is 120 cm³/mol. The van der Waals surface area contributed by atoms with Gasteiger partial charge in [0.1, 0.15) is 11.6 Å². The lowest BCUT2D eigenvalue weighted by atomic mass is 9.96. The first-order valence-electron chi connectivity index (χ1n) is 10.8. The topological polar surface area (TPSA) is 119 Å². The zero-order chi connectivity index (χ0) is 23.6. The van der Waals surface area contributed by atoms with Crippen LogP contribution >= 0.6 is 0 Å². The van der Waals surface area contributed by atoms with Crippen LogP contribution in [-0.4, -0.2) is 46.5 Å². The zero-order valence-corrected chi connectivity index (χ0v) is 19.2. The summed E-state index contributed by atoms with van der Waals surface area (Å²) >= 11 is 0. The Morgan fingerprint density at radius 3 is 2.47 bits per heavy atom. The Kier molecular flexibility index (Phi) is 6.78. The average molecular weight is 446 g/mol. The quantitative estimate of drug-likeness (QED) is 0.570. The third-order valence-electron chi connectivity index (χ3n) is 5.80. The molecule has 174 valence electrons. The molecule has 2 atom stereocenters. The van der Waals surface area contributed by atoms with Crippen LogP contribution in [0.25, 0.3) is 10.9 Å². The lowest BCUT2D eigenvalue weighted by Gasteiger charge is -2.29. The van der Waals surface area contributed by atoms with Gasteiger partial charge in [0, 0.05) is 18.8 Å². The lowest BCUT2D eigenvalue weighted by Crippen LogP contribution is -2.56. The smallest absolute Gasteiger partial charge is 0.257 e. The number of fused-ring (bicyclic) bond motifs is 2. The van der Waals surface area contributed by atoms with Crippen LogP contribution in [-0.2, 0) is 11.3 Å². The molecule has 0 radical (unpaired) electrons. The Morgan fingerprint density at radius 2 is 1.88 bits per heavy atom. The molecule has 3 N–H and O–H groups in total. The minimum atomic E-state index is -0.861. The molecule has 1 aromatic heterocycles. The van der Waals surface area contributed by atoms with E-state index in [4.69, 9.17) is 9.47 Å². The number of carbonyl (C=O) groups is 2. The fourth-order valence-corrected chi connectivity index (χ4v) is 3.57. The van der Waals surface area contributed by atoms with Crippen LogP contribution in [0.1, 0.15) is 51.4 Å². The van der Waals surface area contributed by atoms with E-state index in [1.54, 1.807) is 30.5 Å². The molecule has 1 aliphatic heterocycles. The second-order valence-corrected chi connectivity index (χ2v) is 8.75. The van der Waals surface area contributed by atoms with Crippen LogP contribution in [0.15, 0.2) is 23.1 Å². The number of aliphatic hydroxyl groups excluding tert-OH is 1. The summed E-state index contributed by atoms with van der Waals surface area (Å²) in [7, 11) is 0. The summed E-state index contributed by atoms with van der Waals surface area (Å²) in [5.41, 5.74) is -0.701. The van der Waals surface area contributed by atoms with Crippen molar-refractivity contribution in [3.05, 3.63) is 34.1 Å². The first-order chi connectivity index (χ1) is 15.1. The summed E-state index contributed by atoms with van der Waals surface area (Å²) in [5.74, 6) is -0.212. The standard InChI is InChI=1S/C23H31N3O6/c1-6-13(3)19(22(30)25-23(4,5)11-27)24-21(29)15-10-26(7-2)16-9-18-17(31-12-32-18)8-14(16)20(15)28/h8-10,13,19,27H,6-7,11-12H2,1-5H3,(H,24,29)(H,25,30)/t13?,19-/m0/s1. The molecule has 2 amide bonds. The molecular weight excluding hydrogens is 414 g/mol. The summed E-state index contributed by atoms with van der Waals surface area (Å²) in [6, 6.07) is 2.46. The summed E-state index contributed by atoms with van der Waals surface area (Å²) in [6.07, 6.45) is 2.14. The number of carbonyl (C=O) groups excluding carboxylic acids is 2. The maximum absolute atomic E-state index is 13.2. The molecule has 1 aromatic carbocycles. The van der Waals surface area contributed by atoms with Crippen LogP contribution < -0.4 is 25.5 Å². The fourth-order valence-electron chi connectivity index (χ4n) is 3.57. The van der Waals surface area contributed by atoms with Crippen LogP contribution in [0.3, 0.4) is 0 Å². The molecule has 2 heterocycles. The van der Waals surface area contributed by atoms with E-state index in [9.17, 15) is 19.5 Å². The number of benzene rings is 1.